The van der Waals surface area contributed by atoms with Crippen molar-refractivity contribution in [1.82, 2.24) is 10.2 Å². The number of carbonyl (C=O) groups is 2. The van der Waals surface area contributed by atoms with Gasteiger partial charge in [-0.3, -0.25) is 9.59 Å². The van der Waals surface area contributed by atoms with Crippen LogP contribution in [0.5, 0.6) is 0 Å². The molecule has 1 N–H and O–H groups in total. The smallest absolute Gasteiger partial charge is 0.265 e. The van der Waals surface area contributed by atoms with Gasteiger partial charge in [-0.1, -0.05) is 29.3 Å². The summed E-state index contributed by atoms with van der Waals surface area (Å²) in [6.45, 7) is 1.38. The maximum Gasteiger partial charge on any atom is 0.265 e. The summed E-state index contributed by atoms with van der Waals surface area (Å²) >= 11 is 13.6. The number of amides is 2. The molecule has 1 aromatic heterocycles. The summed E-state index contributed by atoms with van der Waals surface area (Å²) in [5.41, 5.74) is 0. The summed E-state index contributed by atoms with van der Waals surface area (Å²) in [7, 11) is 0. The molecule has 21 heavy (non-hydrogen) atoms. The van der Waals surface area contributed by atoms with E-state index < -0.39 is 0 Å². The van der Waals surface area contributed by atoms with E-state index >= 15 is 0 Å². The summed E-state index contributed by atoms with van der Waals surface area (Å²) < 4.78 is 0.889. The highest BCUT2D eigenvalue weighted by molar-refractivity contribution is 7.21. The number of hydrogen-bond donors (Lipinski definition) is 1. The Balaban J connectivity index is 1.94. The molecule has 0 bridgehead atoms. The Bertz CT molecular complexity index is 729. The monoisotopic (exact) mass is 342 g/mol. The minimum atomic E-state index is -0.131. The molecule has 0 aliphatic carbocycles. The first-order valence-corrected chi connectivity index (χ1v) is 8.07. The Labute approximate surface area is 135 Å². The number of carbonyl (C=O) groups excluding carboxylic acids is 2. The van der Waals surface area contributed by atoms with Crippen molar-refractivity contribution in [2.24, 2.45) is 0 Å². The molecule has 1 fully saturated rings. The minimum Gasteiger partial charge on any atom is -0.354 e. The fourth-order valence-corrected chi connectivity index (χ4v) is 4.05. The van der Waals surface area contributed by atoms with Gasteiger partial charge in [0.25, 0.3) is 5.91 Å². The maximum atomic E-state index is 12.6. The summed E-state index contributed by atoms with van der Waals surface area (Å²) in [5.74, 6) is -0.159. The zero-order valence-electron chi connectivity index (χ0n) is 11.0. The Morgan fingerprint density at radius 2 is 2.10 bits per heavy atom. The Morgan fingerprint density at radius 3 is 2.90 bits per heavy atom. The Hall–Kier alpha value is -1.30. The fourth-order valence-electron chi connectivity index (χ4n) is 2.29. The SMILES string of the molecule is O=C1CCN(C(=O)c2sc3cc(Cl)ccc3c2Cl)CCN1. The topological polar surface area (TPSA) is 49.4 Å². The van der Waals surface area contributed by atoms with E-state index in [-0.39, 0.29) is 11.8 Å². The zero-order valence-corrected chi connectivity index (χ0v) is 13.3. The molecule has 0 saturated carbocycles. The molecule has 0 atom stereocenters. The van der Waals surface area contributed by atoms with Crippen molar-refractivity contribution < 1.29 is 9.59 Å². The van der Waals surface area contributed by atoms with E-state index in [1.165, 1.54) is 11.3 Å². The fraction of sp³-hybridized carbons (Fsp3) is 0.286. The van der Waals surface area contributed by atoms with Crippen molar-refractivity contribution in [3.05, 3.63) is 33.1 Å². The Kier molecular flexibility index (Phi) is 4.06. The molecule has 0 radical (unpaired) electrons. The third-order valence-corrected chi connectivity index (χ3v) is 5.27. The summed E-state index contributed by atoms with van der Waals surface area (Å²) in [6, 6.07) is 5.38. The highest BCUT2D eigenvalue weighted by atomic mass is 35.5. The van der Waals surface area contributed by atoms with Crippen LogP contribution in [0, 0.1) is 0 Å². The van der Waals surface area contributed by atoms with E-state index in [0.29, 0.717) is 41.0 Å². The molecule has 0 spiro atoms. The van der Waals surface area contributed by atoms with Gasteiger partial charge >= 0.3 is 0 Å². The van der Waals surface area contributed by atoms with E-state index in [9.17, 15) is 9.59 Å². The van der Waals surface area contributed by atoms with Gasteiger partial charge in [-0.2, -0.15) is 0 Å². The van der Waals surface area contributed by atoms with Crippen molar-refractivity contribution in [3.63, 3.8) is 0 Å². The maximum absolute atomic E-state index is 12.6. The zero-order chi connectivity index (χ0) is 15.0. The molecule has 2 heterocycles. The van der Waals surface area contributed by atoms with Crippen LogP contribution in [0.3, 0.4) is 0 Å². The standard InChI is InChI=1S/C14H12Cl2N2O2S/c15-8-1-2-9-10(7-8)21-13(12(9)16)14(20)18-5-3-11(19)17-4-6-18/h1-2,7H,3-6H2,(H,17,19). The summed E-state index contributed by atoms with van der Waals surface area (Å²) in [6.07, 6.45) is 0.320. The number of thiophene rings is 1. The average Bonchev–Trinajstić information content (AvgIpc) is 2.63. The molecule has 7 heteroatoms. The van der Waals surface area contributed by atoms with Crippen molar-refractivity contribution >= 4 is 56.4 Å². The second-order valence-electron chi connectivity index (χ2n) is 4.78. The number of nitrogens with zero attached hydrogens (tertiary/aromatic N) is 1. The minimum absolute atomic E-state index is 0.0282. The van der Waals surface area contributed by atoms with Gasteiger partial charge in [0.1, 0.15) is 4.88 Å². The first-order valence-electron chi connectivity index (χ1n) is 6.50. The van der Waals surface area contributed by atoms with E-state index in [0.717, 1.165) is 10.1 Å². The molecule has 1 saturated heterocycles. The first kappa shape index (κ1) is 14.6. The third kappa shape index (κ3) is 2.86. The molecular formula is C14H12Cl2N2O2S. The lowest BCUT2D eigenvalue weighted by Crippen LogP contribution is -2.33. The number of benzene rings is 1. The molecule has 110 valence electrons. The first-order chi connectivity index (χ1) is 10.1. The van der Waals surface area contributed by atoms with E-state index in [1.54, 1.807) is 17.0 Å². The van der Waals surface area contributed by atoms with E-state index in [4.69, 9.17) is 23.2 Å². The van der Waals surface area contributed by atoms with Gasteiger partial charge in [0.15, 0.2) is 0 Å². The number of rotatable bonds is 1. The molecule has 4 nitrogen and oxygen atoms in total. The second kappa shape index (κ2) is 5.83. The van der Waals surface area contributed by atoms with E-state index in [2.05, 4.69) is 5.32 Å². The molecule has 1 aliphatic rings. The third-order valence-electron chi connectivity index (χ3n) is 3.39. The van der Waals surface area contributed by atoms with Gasteiger partial charge in [0, 0.05) is 41.2 Å². The van der Waals surface area contributed by atoms with Gasteiger partial charge in [0.05, 0.1) is 5.02 Å². The molecule has 3 rings (SSSR count). The van der Waals surface area contributed by atoms with Gasteiger partial charge in [0.2, 0.25) is 5.91 Å². The molecule has 1 aromatic carbocycles. The van der Waals surface area contributed by atoms with E-state index in [1.807, 2.05) is 6.07 Å². The summed E-state index contributed by atoms with van der Waals surface area (Å²) in [5, 5.41) is 4.65. The van der Waals surface area contributed by atoms with Crippen LogP contribution in [0.2, 0.25) is 10.0 Å². The van der Waals surface area contributed by atoms with Crippen LogP contribution < -0.4 is 5.32 Å². The van der Waals surface area contributed by atoms with Crippen LogP contribution in [-0.4, -0.2) is 36.3 Å². The van der Waals surface area contributed by atoms with Crippen LogP contribution in [0.1, 0.15) is 16.1 Å². The van der Waals surface area contributed by atoms with Crippen molar-refractivity contribution in [3.8, 4) is 0 Å². The molecule has 0 unspecified atom stereocenters. The van der Waals surface area contributed by atoms with Crippen LogP contribution in [-0.2, 0) is 4.79 Å². The predicted molar refractivity (Wildman–Crippen MR) is 85.4 cm³/mol. The van der Waals surface area contributed by atoms with Crippen LogP contribution in [0.15, 0.2) is 18.2 Å². The normalized spacial score (nSPS) is 15.9. The predicted octanol–water partition coefficient (Wildman–Crippen LogP) is 3.17. The molecule has 1 aliphatic heterocycles. The lowest BCUT2D eigenvalue weighted by atomic mass is 10.2. The van der Waals surface area contributed by atoms with Crippen LogP contribution in [0.4, 0.5) is 0 Å². The van der Waals surface area contributed by atoms with Crippen LogP contribution in [0.25, 0.3) is 10.1 Å². The summed E-state index contributed by atoms with van der Waals surface area (Å²) in [4.78, 5) is 26.1. The molecule has 2 amide bonds. The van der Waals surface area contributed by atoms with Crippen LogP contribution >= 0.6 is 34.5 Å². The van der Waals surface area contributed by atoms with Crippen molar-refractivity contribution in [1.29, 1.82) is 0 Å². The highest BCUT2D eigenvalue weighted by Gasteiger charge is 2.24. The van der Waals surface area contributed by atoms with Gasteiger partial charge in [-0.25, -0.2) is 0 Å². The second-order valence-corrected chi connectivity index (χ2v) is 6.64. The number of hydrogen-bond acceptors (Lipinski definition) is 3. The largest absolute Gasteiger partial charge is 0.354 e. The van der Waals surface area contributed by atoms with Gasteiger partial charge in [-0.15, -0.1) is 11.3 Å². The number of fused-ring (bicyclic) bond motifs is 1. The van der Waals surface area contributed by atoms with Gasteiger partial charge < -0.3 is 10.2 Å². The van der Waals surface area contributed by atoms with Gasteiger partial charge in [-0.05, 0) is 12.1 Å². The number of halogens is 2. The Morgan fingerprint density at radius 1 is 1.29 bits per heavy atom. The lowest BCUT2D eigenvalue weighted by molar-refractivity contribution is -0.120. The molecular weight excluding hydrogens is 331 g/mol. The lowest BCUT2D eigenvalue weighted by Gasteiger charge is -2.18. The quantitative estimate of drug-likeness (QED) is 0.865. The molecule has 2 aromatic rings. The van der Waals surface area contributed by atoms with Crippen molar-refractivity contribution in [2.75, 3.05) is 19.6 Å². The van der Waals surface area contributed by atoms with Crippen molar-refractivity contribution in [2.45, 2.75) is 6.42 Å². The average molecular weight is 343 g/mol. The number of nitrogens with one attached hydrogen (secondary N) is 1. The highest BCUT2D eigenvalue weighted by Crippen LogP contribution is 2.37.